The number of likely N-dealkylation sites (tertiary alicyclic amines) is 1. The maximum Gasteiger partial charge on any atom is 0.415 e. The zero-order chi connectivity index (χ0) is 32.3. The largest absolute Gasteiger partial charge is 0.480 e. The molecule has 3 amide bonds. The number of nitrogens with one attached hydrogen (secondary N) is 2. The number of fused-ring (bicyclic) bond motifs is 1. The number of hydrogen-bond acceptors (Lipinski definition) is 10. The molecule has 2 saturated heterocycles. The molecule has 2 fully saturated rings. The second kappa shape index (κ2) is 13.2. The molecule has 1 aromatic carbocycles. The first-order valence-electron chi connectivity index (χ1n) is 15.4. The van der Waals surface area contributed by atoms with E-state index in [0.29, 0.717) is 69.0 Å². The summed E-state index contributed by atoms with van der Waals surface area (Å²) >= 11 is 0. The molecule has 13 nitrogen and oxygen atoms in total. The van der Waals surface area contributed by atoms with Crippen molar-refractivity contribution in [2.75, 3.05) is 49.6 Å². The third-order valence-corrected chi connectivity index (χ3v) is 7.61. The van der Waals surface area contributed by atoms with Gasteiger partial charge in [-0.15, -0.1) is 0 Å². The molecule has 5 heterocycles. The zero-order valence-electron chi connectivity index (χ0n) is 26.2. The molecule has 3 aliphatic rings. The predicted molar refractivity (Wildman–Crippen MR) is 169 cm³/mol. The van der Waals surface area contributed by atoms with Crippen LogP contribution in [0, 0.1) is 5.92 Å². The van der Waals surface area contributed by atoms with E-state index in [9.17, 15) is 14.4 Å². The minimum absolute atomic E-state index is 0.0569. The van der Waals surface area contributed by atoms with Crippen LogP contribution in [0.4, 0.5) is 21.2 Å². The van der Waals surface area contributed by atoms with Crippen LogP contribution >= 0.6 is 0 Å². The van der Waals surface area contributed by atoms with Crippen LogP contribution in [-0.2, 0) is 20.8 Å². The first-order valence-corrected chi connectivity index (χ1v) is 15.4. The van der Waals surface area contributed by atoms with Gasteiger partial charge in [-0.2, -0.15) is 0 Å². The van der Waals surface area contributed by atoms with Gasteiger partial charge in [-0.3, -0.25) is 9.69 Å². The van der Waals surface area contributed by atoms with Crippen molar-refractivity contribution in [2.24, 2.45) is 5.92 Å². The molecule has 13 heteroatoms. The normalized spacial score (nSPS) is 17.8. The van der Waals surface area contributed by atoms with E-state index in [1.807, 2.05) is 57.2 Å². The van der Waals surface area contributed by atoms with E-state index >= 15 is 0 Å². The number of hydrogen-bond donors (Lipinski definition) is 2. The Balaban J connectivity index is 0.946. The molecule has 0 saturated carbocycles. The highest BCUT2D eigenvalue weighted by atomic mass is 16.6. The van der Waals surface area contributed by atoms with Crippen molar-refractivity contribution in [3.63, 3.8) is 0 Å². The summed E-state index contributed by atoms with van der Waals surface area (Å²) in [6.07, 6.45) is -0.422. The lowest BCUT2D eigenvalue weighted by Crippen LogP contribution is -2.53. The lowest BCUT2D eigenvalue weighted by atomic mass is 10.0. The summed E-state index contributed by atoms with van der Waals surface area (Å²) in [5.74, 6) is 1.66. The molecule has 3 aliphatic heterocycles. The number of ether oxygens (including phenoxy) is 4. The van der Waals surface area contributed by atoms with E-state index in [0.717, 1.165) is 16.8 Å². The van der Waals surface area contributed by atoms with Gasteiger partial charge in [-0.05, 0) is 63.6 Å². The minimum Gasteiger partial charge on any atom is -0.480 e. The zero-order valence-corrected chi connectivity index (χ0v) is 26.2. The summed E-state index contributed by atoms with van der Waals surface area (Å²) in [7, 11) is 0. The van der Waals surface area contributed by atoms with Crippen LogP contribution in [0.25, 0.3) is 11.3 Å². The Hall–Kier alpha value is -4.91. The molecule has 242 valence electrons. The van der Waals surface area contributed by atoms with Crippen LogP contribution in [0.15, 0.2) is 54.6 Å². The monoisotopic (exact) mass is 630 g/mol. The van der Waals surface area contributed by atoms with Crippen LogP contribution in [-0.4, -0.2) is 84.1 Å². The Kier molecular flexibility index (Phi) is 8.93. The number of pyridine rings is 2. The van der Waals surface area contributed by atoms with Gasteiger partial charge >= 0.3 is 12.2 Å². The Morgan fingerprint density at radius 3 is 2.72 bits per heavy atom. The molecule has 0 unspecified atom stereocenters. The smallest absolute Gasteiger partial charge is 0.415 e. The molecule has 3 aromatic rings. The van der Waals surface area contributed by atoms with Crippen LogP contribution in [0.2, 0.25) is 0 Å². The number of benzene rings is 1. The fourth-order valence-electron chi connectivity index (χ4n) is 5.31. The molecule has 46 heavy (non-hydrogen) atoms. The topological polar surface area (TPSA) is 144 Å². The number of carbonyl (C=O) groups excluding carboxylic acids is 3. The summed E-state index contributed by atoms with van der Waals surface area (Å²) in [5, 5.41) is 6.09. The van der Waals surface area contributed by atoms with Gasteiger partial charge in [0.15, 0.2) is 18.2 Å². The SMILES string of the molecule is CC(C)(C)OC(=O)N1CC(COc2cccc(-c3cccc(CNCC[C@H]4CN(c5ccc6c(n5)NC(=O)CO6)C(=O)O4)c3)n2)C1. The van der Waals surface area contributed by atoms with Crippen molar-refractivity contribution in [2.45, 2.75) is 45.4 Å². The van der Waals surface area contributed by atoms with E-state index in [4.69, 9.17) is 23.9 Å². The van der Waals surface area contributed by atoms with E-state index in [1.54, 1.807) is 17.0 Å². The highest BCUT2D eigenvalue weighted by Gasteiger charge is 2.35. The second-order valence-electron chi connectivity index (χ2n) is 12.6. The van der Waals surface area contributed by atoms with E-state index in [2.05, 4.69) is 21.7 Å². The Labute approximate surface area is 267 Å². The molecule has 0 bridgehead atoms. The van der Waals surface area contributed by atoms with Crippen molar-refractivity contribution in [1.29, 1.82) is 0 Å². The van der Waals surface area contributed by atoms with Crippen LogP contribution in [0.5, 0.6) is 11.6 Å². The number of nitrogens with zero attached hydrogens (tertiary/aromatic N) is 4. The highest BCUT2D eigenvalue weighted by Crippen LogP contribution is 2.30. The van der Waals surface area contributed by atoms with Crippen LogP contribution in [0.3, 0.4) is 0 Å². The van der Waals surface area contributed by atoms with E-state index < -0.39 is 11.7 Å². The van der Waals surface area contributed by atoms with Gasteiger partial charge in [0.05, 0.1) is 18.8 Å². The summed E-state index contributed by atoms with van der Waals surface area (Å²) in [6, 6.07) is 17.2. The number of cyclic esters (lactones) is 1. The van der Waals surface area contributed by atoms with Crippen molar-refractivity contribution >= 4 is 29.7 Å². The molecular weight excluding hydrogens is 592 g/mol. The minimum atomic E-state index is -0.507. The molecule has 0 aliphatic carbocycles. The Morgan fingerprint density at radius 2 is 1.89 bits per heavy atom. The maximum atomic E-state index is 12.5. The average molecular weight is 631 g/mol. The van der Waals surface area contributed by atoms with E-state index in [-0.39, 0.29) is 30.6 Å². The fraction of sp³-hybridized carbons (Fsp3) is 0.424. The van der Waals surface area contributed by atoms with E-state index in [1.165, 1.54) is 4.90 Å². The highest BCUT2D eigenvalue weighted by molar-refractivity contribution is 5.95. The third-order valence-electron chi connectivity index (χ3n) is 7.61. The fourth-order valence-corrected chi connectivity index (χ4v) is 5.31. The van der Waals surface area contributed by atoms with Crippen molar-refractivity contribution in [3.8, 4) is 22.9 Å². The number of rotatable bonds is 10. The third kappa shape index (κ3) is 7.65. The Morgan fingerprint density at radius 1 is 1.07 bits per heavy atom. The van der Waals surface area contributed by atoms with Crippen molar-refractivity contribution in [1.82, 2.24) is 20.2 Å². The molecule has 2 N–H and O–H groups in total. The van der Waals surface area contributed by atoms with Crippen molar-refractivity contribution in [3.05, 3.63) is 60.2 Å². The number of carbonyl (C=O) groups is 3. The number of amides is 3. The summed E-state index contributed by atoms with van der Waals surface area (Å²) in [6.45, 7) is 8.85. The first kappa shape index (κ1) is 31.1. The maximum absolute atomic E-state index is 12.5. The lowest BCUT2D eigenvalue weighted by molar-refractivity contribution is -0.118. The van der Waals surface area contributed by atoms with Gasteiger partial charge in [-0.25, -0.2) is 19.6 Å². The van der Waals surface area contributed by atoms with Gasteiger partial charge in [0.2, 0.25) is 5.88 Å². The lowest BCUT2D eigenvalue weighted by Gasteiger charge is -2.39. The first-order chi connectivity index (χ1) is 22.1. The number of aromatic nitrogens is 2. The molecule has 6 rings (SSSR count). The van der Waals surface area contributed by atoms with Gasteiger partial charge < -0.3 is 34.5 Å². The molecule has 2 aromatic heterocycles. The number of anilines is 2. The standard InChI is InChI=1S/C33H38N6O7/c1-33(2,3)46-31(41)38-16-22(17-38)19-44-29-9-5-8-25(35-29)23-7-4-6-21(14-23)15-34-13-12-24-18-39(32(42)45-24)27-11-10-26-30(36-27)37-28(40)20-43-26/h4-11,14,22,24,34H,12-13,15-20H2,1-3H3,(H,36,37,40)/t24-/m0/s1. The predicted octanol–water partition coefficient (Wildman–Crippen LogP) is 4.23. The van der Waals surface area contributed by atoms with Gasteiger partial charge in [0.25, 0.3) is 5.91 Å². The van der Waals surface area contributed by atoms with Gasteiger partial charge in [0, 0.05) is 37.2 Å². The molecular formula is C33H38N6O7. The average Bonchev–Trinajstić information content (AvgIpc) is 3.37. The summed E-state index contributed by atoms with van der Waals surface area (Å²) in [5.41, 5.74) is 2.37. The van der Waals surface area contributed by atoms with Crippen LogP contribution in [0.1, 0.15) is 32.8 Å². The quantitative estimate of drug-likeness (QED) is 0.312. The summed E-state index contributed by atoms with van der Waals surface area (Å²) < 4.78 is 22.3. The van der Waals surface area contributed by atoms with Crippen molar-refractivity contribution < 1.29 is 33.3 Å². The van der Waals surface area contributed by atoms with Gasteiger partial charge in [-0.1, -0.05) is 24.3 Å². The summed E-state index contributed by atoms with van der Waals surface area (Å²) in [4.78, 5) is 48.5. The molecule has 0 radical (unpaired) electrons. The molecule has 1 atom stereocenters. The van der Waals surface area contributed by atoms with Gasteiger partial charge in [0.1, 0.15) is 17.5 Å². The molecule has 0 spiro atoms. The second-order valence-corrected chi connectivity index (χ2v) is 12.6. The van der Waals surface area contributed by atoms with Crippen LogP contribution < -0.4 is 25.0 Å². The Bertz CT molecular complexity index is 1600.